The van der Waals surface area contributed by atoms with Crippen LogP contribution in [0.4, 0.5) is 17.1 Å². The molecule has 3 heteroatoms. The molecule has 0 saturated carbocycles. The number of nitrogen functional groups attached to an aromatic ring is 1. The van der Waals surface area contributed by atoms with Gasteiger partial charge in [-0.25, -0.2) is 9.98 Å². The average molecular weight is 287 g/mol. The Bertz CT molecular complexity index is 691. The highest BCUT2D eigenvalue weighted by molar-refractivity contribution is 6.19. The number of benzene rings is 2. The van der Waals surface area contributed by atoms with Crippen LogP contribution in [0.3, 0.4) is 0 Å². The number of allylic oxidation sites excluding steroid dienone is 4. The van der Waals surface area contributed by atoms with Gasteiger partial charge < -0.3 is 5.73 Å². The van der Waals surface area contributed by atoms with E-state index in [0.717, 1.165) is 28.5 Å². The molecular weight excluding hydrogens is 270 g/mol. The molecule has 2 aromatic rings. The Balaban J connectivity index is 1.76. The van der Waals surface area contributed by atoms with E-state index < -0.39 is 0 Å². The molecule has 22 heavy (non-hydrogen) atoms. The summed E-state index contributed by atoms with van der Waals surface area (Å²) in [7, 11) is 0. The first-order chi connectivity index (χ1) is 10.7. The summed E-state index contributed by atoms with van der Waals surface area (Å²) in [6.07, 6.45) is 7.86. The summed E-state index contributed by atoms with van der Waals surface area (Å²) >= 11 is 0. The minimum atomic E-state index is 0.742. The van der Waals surface area contributed by atoms with Gasteiger partial charge in [0.2, 0.25) is 0 Å². The number of aryl methyl sites for hydroxylation is 1. The summed E-state index contributed by atoms with van der Waals surface area (Å²) in [4.78, 5) is 9.13. The van der Waals surface area contributed by atoms with Gasteiger partial charge in [-0.3, -0.25) is 0 Å². The molecule has 1 aliphatic rings. The SMILES string of the molecule is Cc1ccc(N=C2C=CC(=Nc3ccc(N)cc3)C=C2)cc1. The zero-order chi connectivity index (χ0) is 15.4. The summed E-state index contributed by atoms with van der Waals surface area (Å²) in [5, 5.41) is 0. The molecule has 0 heterocycles. The molecular formula is C19H17N3. The number of hydrogen-bond donors (Lipinski definition) is 1. The Morgan fingerprint density at radius 1 is 0.636 bits per heavy atom. The van der Waals surface area contributed by atoms with Crippen molar-refractivity contribution < 1.29 is 0 Å². The Labute approximate surface area is 130 Å². The molecule has 0 spiro atoms. The molecule has 0 atom stereocenters. The number of nitrogens with zero attached hydrogens (tertiary/aromatic N) is 2. The van der Waals surface area contributed by atoms with Crippen molar-refractivity contribution in [2.75, 3.05) is 5.73 Å². The lowest BCUT2D eigenvalue weighted by Crippen LogP contribution is -1.99. The Kier molecular flexibility index (Phi) is 3.97. The molecule has 0 saturated heterocycles. The van der Waals surface area contributed by atoms with Crippen LogP contribution in [0.25, 0.3) is 0 Å². The van der Waals surface area contributed by atoms with Crippen LogP contribution in [0.15, 0.2) is 82.8 Å². The molecule has 3 nitrogen and oxygen atoms in total. The summed E-state index contributed by atoms with van der Waals surface area (Å²) in [5.74, 6) is 0. The molecule has 3 rings (SSSR count). The third kappa shape index (κ3) is 3.58. The van der Waals surface area contributed by atoms with Gasteiger partial charge in [0, 0.05) is 5.69 Å². The summed E-state index contributed by atoms with van der Waals surface area (Å²) < 4.78 is 0. The van der Waals surface area contributed by atoms with E-state index in [1.807, 2.05) is 60.7 Å². The largest absolute Gasteiger partial charge is 0.399 e. The second-order valence-electron chi connectivity index (χ2n) is 5.17. The van der Waals surface area contributed by atoms with Gasteiger partial charge in [0.15, 0.2) is 0 Å². The molecule has 2 N–H and O–H groups in total. The fourth-order valence-electron chi connectivity index (χ4n) is 2.07. The predicted molar refractivity (Wildman–Crippen MR) is 94.5 cm³/mol. The van der Waals surface area contributed by atoms with E-state index >= 15 is 0 Å². The topological polar surface area (TPSA) is 50.7 Å². The number of aliphatic imine (C=N–C) groups is 2. The third-order valence-electron chi connectivity index (χ3n) is 3.29. The first-order valence-electron chi connectivity index (χ1n) is 7.15. The lowest BCUT2D eigenvalue weighted by atomic mass is 10.1. The highest BCUT2D eigenvalue weighted by Crippen LogP contribution is 2.17. The molecule has 0 aliphatic heterocycles. The molecule has 0 amide bonds. The number of anilines is 1. The normalized spacial score (nSPS) is 13.3. The highest BCUT2D eigenvalue weighted by Gasteiger charge is 2.00. The van der Waals surface area contributed by atoms with Crippen molar-refractivity contribution in [3.05, 3.63) is 78.4 Å². The van der Waals surface area contributed by atoms with Gasteiger partial charge in [-0.1, -0.05) is 17.7 Å². The van der Waals surface area contributed by atoms with E-state index in [9.17, 15) is 0 Å². The molecule has 108 valence electrons. The van der Waals surface area contributed by atoms with Gasteiger partial charge in [-0.2, -0.15) is 0 Å². The van der Waals surface area contributed by atoms with Crippen molar-refractivity contribution in [1.82, 2.24) is 0 Å². The van der Waals surface area contributed by atoms with E-state index in [1.165, 1.54) is 5.56 Å². The van der Waals surface area contributed by atoms with Crippen molar-refractivity contribution >= 4 is 28.5 Å². The lowest BCUT2D eigenvalue weighted by molar-refractivity contribution is 1.43. The van der Waals surface area contributed by atoms with Crippen molar-refractivity contribution in [1.29, 1.82) is 0 Å². The van der Waals surface area contributed by atoms with Gasteiger partial charge in [0.25, 0.3) is 0 Å². The molecule has 0 bridgehead atoms. The van der Waals surface area contributed by atoms with Gasteiger partial charge in [0.1, 0.15) is 0 Å². The van der Waals surface area contributed by atoms with Gasteiger partial charge >= 0.3 is 0 Å². The van der Waals surface area contributed by atoms with Gasteiger partial charge in [0.05, 0.1) is 22.8 Å². The van der Waals surface area contributed by atoms with Crippen LogP contribution in [0.5, 0.6) is 0 Å². The minimum absolute atomic E-state index is 0.742. The molecule has 0 aromatic heterocycles. The minimum Gasteiger partial charge on any atom is -0.399 e. The van der Waals surface area contributed by atoms with Crippen LogP contribution in [-0.4, -0.2) is 11.4 Å². The maximum Gasteiger partial charge on any atom is 0.0638 e. The summed E-state index contributed by atoms with van der Waals surface area (Å²) in [5.41, 5.74) is 11.3. The van der Waals surface area contributed by atoms with Gasteiger partial charge in [-0.15, -0.1) is 0 Å². The quantitative estimate of drug-likeness (QED) is 0.639. The Morgan fingerprint density at radius 3 is 1.50 bits per heavy atom. The molecule has 2 aromatic carbocycles. The number of rotatable bonds is 2. The van der Waals surface area contributed by atoms with E-state index in [1.54, 1.807) is 0 Å². The van der Waals surface area contributed by atoms with Crippen molar-refractivity contribution in [3.8, 4) is 0 Å². The van der Waals surface area contributed by atoms with E-state index in [0.29, 0.717) is 0 Å². The van der Waals surface area contributed by atoms with Crippen LogP contribution in [0.1, 0.15) is 5.56 Å². The molecule has 0 unspecified atom stereocenters. The highest BCUT2D eigenvalue weighted by atomic mass is 14.8. The molecule has 0 radical (unpaired) electrons. The summed E-state index contributed by atoms with van der Waals surface area (Å²) in [6, 6.07) is 15.6. The molecule has 1 aliphatic carbocycles. The smallest absolute Gasteiger partial charge is 0.0638 e. The number of hydrogen-bond acceptors (Lipinski definition) is 3. The Morgan fingerprint density at radius 2 is 1.05 bits per heavy atom. The zero-order valence-electron chi connectivity index (χ0n) is 12.4. The fraction of sp³-hybridized carbons (Fsp3) is 0.0526. The standard InChI is InChI=1S/C19H17N3/c1-14-2-6-16(7-3-14)21-18-10-12-19(13-11-18)22-17-8-4-15(20)5-9-17/h2-13H,20H2,1H3. The van der Waals surface area contributed by atoms with Crippen molar-refractivity contribution in [2.24, 2.45) is 9.98 Å². The van der Waals surface area contributed by atoms with Crippen LogP contribution in [0.2, 0.25) is 0 Å². The number of nitrogens with two attached hydrogens (primary N) is 1. The zero-order valence-corrected chi connectivity index (χ0v) is 12.4. The van der Waals surface area contributed by atoms with Crippen molar-refractivity contribution in [3.63, 3.8) is 0 Å². The third-order valence-corrected chi connectivity index (χ3v) is 3.29. The second-order valence-corrected chi connectivity index (χ2v) is 5.17. The van der Waals surface area contributed by atoms with E-state index in [2.05, 4.69) is 29.0 Å². The average Bonchev–Trinajstić information content (AvgIpc) is 2.54. The molecule has 0 fully saturated rings. The second kappa shape index (κ2) is 6.22. The van der Waals surface area contributed by atoms with Crippen molar-refractivity contribution in [2.45, 2.75) is 6.92 Å². The maximum absolute atomic E-state index is 5.67. The van der Waals surface area contributed by atoms with E-state index in [-0.39, 0.29) is 0 Å². The summed E-state index contributed by atoms with van der Waals surface area (Å²) in [6.45, 7) is 2.07. The van der Waals surface area contributed by atoms with Gasteiger partial charge in [-0.05, 0) is 67.6 Å². The van der Waals surface area contributed by atoms with Crippen LogP contribution in [-0.2, 0) is 0 Å². The van der Waals surface area contributed by atoms with Crippen LogP contribution in [0, 0.1) is 6.92 Å². The monoisotopic (exact) mass is 287 g/mol. The first kappa shape index (κ1) is 14.0. The first-order valence-corrected chi connectivity index (χ1v) is 7.15. The predicted octanol–water partition coefficient (Wildman–Crippen LogP) is 4.55. The van der Waals surface area contributed by atoms with Crippen LogP contribution < -0.4 is 5.73 Å². The Hall–Kier alpha value is -2.94. The van der Waals surface area contributed by atoms with E-state index in [4.69, 9.17) is 5.73 Å². The van der Waals surface area contributed by atoms with Crippen LogP contribution >= 0.6 is 0 Å². The lowest BCUT2D eigenvalue weighted by Gasteiger charge is -2.03. The maximum atomic E-state index is 5.67. The fourth-order valence-corrected chi connectivity index (χ4v) is 2.07.